The van der Waals surface area contributed by atoms with Crippen LogP contribution in [0.15, 0.2) is 24.3 Å². The molecule has 0 spiro atoms. The Hall–Kier alpha value is -1.59. The van der Waals surface area contributed by atoms with Crippen molar-refractivity contribution in [2.45, 2.75) is 38.1 Å². The fourth-order valence-electron chi connectivity index (χ4n) is 4.03. The van der Waals surface area contributed by atoms with Crippen molar-refractivity contribution >= 4 is 5.91 Å². The van der Waals surface area contributed by atoms with Crippen molar-refractivity contribution in [2.24, 2.45) is 5.92 Å². The van der Waals surface area contributed by atoms with Gasteiger partial charge in [-0.05, 0) is 57.9 Å². The number of para-hydroxylation sites is 1. The first kappa shape index (κ1) is 18.2. The van der Waals surface area contributed by atoms with Crippen LogP contribution in [0.1, 0.15) is 43.7 Å². The number of hydrogen-bond donors (Lipinski definition) is 2. The molecule has 2 aliphatic heterocycles. The van der Waals surface area contributed by atoms with Crippen LogP contribution in [0.4, 0.5) is 0 Å². The van der Waals surface area contributed by atoms with Gasteiger partial charge in [0, 0.05) is 18.0 Å². The van der Waals surface area contributed by atoms with Crippen molar-refractivity contribution in [2.75, 3.05) is 39.8 Å². The predicted molar refractivity (Wildman–Crippen MR) is 99.8 cm³/mol. The summed E-state index contributed by atoms with van der Waals surface area (Å²) in [6, 6.07) is 8.39. The minimum Gasteiger partial charge on any atom is -0.496 e. The molecule has 1 amide bonds. The molecule has 0 bridgehead atoms. The Morgan fingerprint density at radius 3 is 2.68 bits per heavy atom. The molecule has 1 unspecified atom stereocenters. The zero-order valence-corrected chi connectivity index (χ0v) is 15.3. The molecule has 3 rings (SSSR count). The lowest BCUT2D eigenvalue weighted by Gasteiger charge is -2.36. The minimum atomic E-state index is 0.154. The van der Waals surface area contributed by atoms with Crippen molar-refractivity contribution in [1.82, 2.24) is 15.5 Å². The standard InChI is InChI=1S/C20H31N3O2/c1-25-19-8-4-3-7-17(19)18(23-13-5-2-6-14-23)15-22-20(24)16-9-11-21-12-10-16/h3-4,7-8,16,18,21H,2,5-6,9-15H2,1H3,(H,22,24). The van der Waals surface area contributed by atoms with Gasteiger partial charge in [-0.3, -0.25) is 9.69 Å². The number of methoxy groups -OCH3 is 1. The van der Waals surface area contributed by atoms with Gasteiger partial charge in [0.15, 0.2) is 0 Å². The van der Waals surface area contributed by atoms with E-state index in [0.717, 1.165) is 44.8 Å². The number of carbonyl (C=O) groups is 1. The van der Waals surface area contributed by atoms with Crippen LogP contribution in [0.3, 0.4) is 0 Å². The van der Waals surface area contributed by atoms with Gasteiger partial charge in [0.05, 0.1) is 13.2 Å². The highest BCUT2D eigenvalue weighted by Gasteiger charge is 2.27. The van der Waals surface area contributed by atoms with Crippen LogP contribution >= 0.6 is 0 Å². The predicted octanol–water partition coefficient (Wildman–Crippen LogP) is 2.34. The monoisotopic (exact) mass is 345 g/mol. The van der Waals surface area contributed by atoms with Gasteiger partial charge in [0.25, 0.3) is 0 Å². The van der Waals surface area contributed by atoms with E-state index in [1.54, 1.807) is 7.11 Å². The van der Waals surface area contributed by atoms with E-state index in [4.69, 9.17) is 4.74 Å². The Morgan fingerprint density at radius 2 is 1.96 bits per heavy atom. The molecule has 0 aliphatic carbocycles. The second-order valence-electron chi connectivity index (χ2n) is 7.12. The maximum absolute atomic E-state index is 12.6. The molecule has 5 heteroatoms. The van der Waals surface area contributed by atoms with Crippen molar-refractivity contribution in [1.29, 1.82) is 0 Å². The summed E-state index contributed by atoms with van der Waals surface area (Å²) in [6.45, 7) is 4.72. The smallest absolute Gasteiger partial charge is 0.223 e. The second-order valence-corrected chi connectivity index (χ2v) is 7.12. The summed E-state index contributed by atoms with van der Waals surface area (Å²) < 4.78 is 5.59. The van der Waals surface area contributed by atoms with Gasteiger partial charge in [0.2, 0.25) is 5.91 Å². The Balaban J connectivity index is 1.70. The maximum atomic E-state index is 12.6. The Kier molecular flexibility index (Phi) is 6.70. The molecule has 1 aromatic carbocycles. The van der Waals surface area contributed by atoms with Gasteiger partial charge in [-0.1, -0.05) is 24.6 Å². The van der Waals surface area contributed by atoms with E-state index in [2.05, 4.69) is 27.7 Å². The molecule has 138 valence electrons. The minimum absolute atomic E-state index is 0.154. The molecule has 2 aliphatic rings. The quantitative estimate of drug-likeness (QED) is 0.831. The number of piperidine rings is 2. The van der Waals surface area contributed by atoms with Crippen LogP contribution in [-0.2, 0) is 4.79 Å². The number of benzene rings is 1. The van der Waals surface area contributed by atoms with Gasteiger partial charge >= 0.3 is 0 Å². The first-order valence-electron chi connectivity index (χ1n) is 9.65. The van der Waals surface area contributed by atoms with Gasteiger partial charge < -0.3 is 15.4 Å². The third-order valence-electron chi connectivity index (χ3n) is 5.51. The summed E-state index contributed by atoms with van der Waals surface area (Å²) in [5, 5.41) is 6.56. The molecule has 2 heterocycles. The fraction of sp³-hybridized carbons (Fsp3) is 0.650. The average molecular weight is 345 g/mol. The number of amides is 1. The molecule has 25 heavy (non-hydrogen) atoms. The van der Waals surface area contributed by atoms with E-state index < -0.39 is 0 Å². The molecule has 1 atom stereocenters. The first-order valence-corrected chi connectivity index (χ1v) is 9.65. The number of rotatable bonds is 6. The summed E-state index contributed by atoms with van der Waals surface area (Å²) >= 11 is 0. The van der Waals surface area contributed by atoms with Crippen molar-refractivity contribution in [3.8, 4) is 5.75 Å². The van der Waals surface area contributed by atoms with Crippen molar-refractivity contribution in [3.05, 3.63) is 29.8 Å². The molecule has 2 N–H and O–H groups in total. The number of nitrogens with zero attached hydrogens (tertiary/aromatic N) is 1. The highest BCUT2D eigenvalue weighted by atomic mass is 16.5. The van der Waals surface area contributed by atoms with E-state index >= 15 is 0 Å². The van der Waals surface area contributed by atoms with E-state index in [1.807, 2.05) is 12.1 Å². The van der Waals surface area contributed by atoms with Gasteiger partial charge in [-0.25, -0.2) is 0 Å². The second kappa shape index (κ2) is 9.20. The molecule has 2 saturated heterocycles. The fourth-order valence-corrected chi connectivity index (χ4v) is 4.03. The maximum Gasteiger partial charge on any atom is 0.223 e. The number of carbonyl (C=O) groups excluding carboxylic acids is 1. The zero-order chi connectivity index (χ0) is 17.5. The number of ether oxygens (including phenoxy) is 1. The SMILES string of the molecule is COc1ccccc1C(CNC(=O)C1CCNCC1)N1CCCCC1. The third kappa shape index (κ3) is 4.73. The van der Waals surface area contributed by atoms with Crippen LogP contribution in [0, 0.1) is 5.92 Å². The summed E-state index contributed by atoms with van der Waals surface area (Å²) in [5.74, 6) is 1.27. The third-order valence-corrected chi connectivity index (χ3v) is 5.51. The molecule has 0 aromatic heterocycles. The van der Waals surface area contributed by atoms with Crippen molar-refractivity contribution < 1.29 is 9.53 Å². The summed E-state index contributed by atoms with van der Waals surface area (Å²) in [7, 11) is 1.72. The Bertz CT molecular complexity index is 552. The normalized spacial score (nSPS) is 20.8. The number of nitrogens with one attached hydrogen (secondary N) is 2. The topological polar surface area (TPSA) is 53.6 Å². The van der Waals surface area contributed by atoms with Gasteiger partial charge in [-0.2, -0.15) is 0 Å². The largest absolute Gasteiger partial charge is 0.496 e. The van der Waals surface area contributed by atoms with Gasteiger partial charge in [-0.15, -0.1) is 0 Å². The molecule has 2 fully saturated rings. The van der Waals surface area contributed by atoms with Crippen LogP contribution in [0.5, 0.6) is 5.75 Å². The van der Waals surface area contributed by atoms with E-state index in [9.17, 15) is 4.79 Å². The molecular formula is C20H31N3O2. The number of likely N-dealkylation sites (tertiary alicyclic amines) is 1. The highest BCUT2D eigenvalue weighted by molar-refractivity contribution is 5.78. The van der Waals surface area contributed by atoms with Crippen molar-refractivity contribution in [3.63, 3.8) is 0 Å². The molecular weight excluding hydrogens is 314 g/mol. The first-order chi connectivity index (χ1) is 12.3. The summed E-state index contributed by atoms with van der Waals surface area (Å²) in [5.41, 5.74) is 1.18. The molecule has 1 aromatic rings. The lowest BCUT2D eigenvalue weighted by Crippen LogP contribution is -2.44. The van der Waals surface area contributed by atoms with E-state index in [-0.39, 0.29) is 17.9 Å². The van der Waals surface area contributed by atoms with E-state index in [0.29, 0.717) is 6.54 Å². The lowest BCUT2D eigenvalue weighted by molar-refractivity contribution is -0.126. The van der Waals surface area contributed by atoms with Crippen LogP contribution < -0.4 is 15.4 Å². The number of hydrogen-bond acceptors (Lipinski definition) is 4. The highest BCUT2D eigenvalue weighted by Crippen LogP contribution is 2.31. The van der Waals surface area contributed by atoms with Crippen LogP contribution in [0.2, 0.25) is 0 Å². The summed E-state index contributed by atoms with van der Waals surface area (Å²) in [6.07, 6.45) is 5.64. The Morgan fingerprint density at radius 1 is 1.24 bits per heavy atom. The zero-order valence-electron chi connectivity index (χ0n) is 15.3. The molecule has 0 radical (unpaired) electrons. The average Bonchev–Trinajstić information content (AvgIpc) is 2.70. The molecule has 0 saturated carbocycles. The van der Waals surface area contributed by atoms with Crippen LogP contribution in [-0.4, -0.2) is 50.6 Å². The van der Waals surface area contributed by atoms with Crippen LogP contribution in [0.25, 0.3) is 0 Å². The Labute approximate surface area is 151 Å². The lowest BCUT2D eigenvalue weighted by atomic mass is 9.96. The van der Waals surface area contributed by atoms with Gasteiger partial charge in [0.1, 0.15) is 5.75 Å². The van der Waals surface area contributed by atoms with E-state index in [1.165, 1.54) is 24.8 Å². The summed E-state index contributed by atoms with van der Waals surface area (Å²) in [4.78, 5) is 15.1. The molecule has 5 nitrogen and oxygen atoms in total.